The number of halogens is 1. The van der Waals surface area contributed by atoms with E-state index in [2.05, 4.69) is 4.90 Å². The molecule has 2 aromatic rings. The summed E-state index contributed by atoms with van der Waals surface area (Å²) in [5, 5.41) is 0.654. The first kappa shape index (κ1) is 23.9. The van der Waals surface area contributed by atoms with Crippen molar-refractivity contribution in [1.82, 2.24) is 4.90 Å². The molecule has 2 fully saturated rings. The monoisotopic (exact) mass is 490 g/mol. The summed E-state index contributed by atoms with van der Waals surface area (Å²) in [7, 11) is -3.38. The van der Waals surface area contributed by atoms with Gasteiger partial charge in [-0.25, -0.2) is 8.42 Å². The molecule has 1 saturated heterocycles. The number of hydrogen-bond acceptors (Lipinski definition) is 5. The number of sulfonamides is 1. The summed E-state index contributed by atoms with van der Waals surface area (Å²) in [6, 6.07) is 14.4. The molecule has 2 aliphatic rings. The molecule has 0 spiro atoms. The van der Waals surface area contributed by atoms with E-state index in [1.54, 1.807) is 21.3 Å². The molecule has 1 amide bonds. The van der Waals surface area contributed by atoms with Gasteiger partial charge < -0.3 is 15.5 Å². The minimum absolute atomic E-state index is 0.0654. The predicted molar refractivity (Wildman–Crippen MR) is 133 cm³/mol. The Morgan fingerprint density at radius 2 is 1.73 bits per heavy atom. The summed E-state index contributed by atoms with van der Waals surface area (Å²) in [4.78, 5) is 16.9. The van der Waals surface area contributed by atoms with E-state index in [0.29, 0.717) is 55.8 Å². The summed E-state index contributed by atoms with van der Waals surface area (Å²) >= 11 is 5.93. The topological polar surface area (TPSA) is 87.0 Å². The number of nitrogens with two attached hydrogens (primary N) is 1. The van der Waals surface area contributed by atoms with Gasteiger partial charge in [0.15, 0.2) is 0 Å². The number of anilines is 2. The fourth-order valence-corrected chi connectivity index (χ4v) is 5.37. The standard InChI is InChI=1S/C24H31ClN4O3S/c1-33(31,32)29(17-19-6-7-19)23-5-3-2-4-22(23)27-12-14-28(15-13-27)24(30)21(26)16-18-8-10-20(25)11-9-18/h2-5,8-11,19,21H,6-7,12-17,26H2,1H3/t21-/m1/s1. The molecule has 1 saturated carbocycles. The van der Waals surface area contributed by atoms with Gasteiger partial charge in [0.1, 0.15) is 0 Å². The molecule has 1 aliphatic carbocycles. The molecular weight excluding hydrogens is 460 g/mol. The number of rotatable bonds is 8. The van der Waals surface area contributed by atoms with Crippen LogP contribution in [0.15, 0.2) is 48.5 Å². The van der Waals surface area contributed by atoms with Crippen molar-refractivity contribution in [3.8, 4) is 0 Å². The van der Waals surface area contributed by atoms with Gasteiger partial charge in [-0.1, -0.05) is 35.9 Å². The minimum Gasteiger partial charge on any atom is -0.366 e. The highest BCUT2D eigenvalue weighted by Crippen LogP contribution is 2.36. The molecular formula is C24H31ClN4O3S. The zero-order valence-corrected chi connectivity index (χ0v) is 20.4. The van der Waals surface area contributed by atoms with E-state index in [9.17, 15) is 13.2 Å². The first-order valence-corrected chi connectivity index (χ1v) is 13.6. The third-order valence-electron chi connectivity index (χ3n) is 6.29. The zero-order chi connectivity index (χ0) is 23.6. The first-order valence-electron chi connectivity index (χ1n) is 11.3. The number of nitrogens with zero attached hydrogens (tertiary/aromatic N) is 3. The number of piperazine rings is 1. The smallest absolute Gasteiger partial charge is 0.239 e. The van der Waals surface area contributed by atoms with Crippen LogP contribution in [0.3, 0.4) is 0 Å². The van der Waals surface area contributed by atoms with Crippen molar-refractivity contribution in [3.63, 3.8) is 0 Å². The normalized spacial score (nSPS) is 17.7. The van der Waals surface area contributed by atoms with Gasteiger partial charge in [0.05, 0.1) is 23.7 Å². The summed E-state index contributed by atoms with van der Waals surface area (Å²) in [6.07, 6.45) is 3.88. The third-order valence-corrected chi connectivity index (χ3v) is 7.69. The fraction of sp³-hybridized carbons (Fsp3) is 0.458. The molecule has 0 aromatic heterocycles. The quantitative estimate of drug-likeness (QED) is 0.614. The summed E-state index contributed by atoms with van der Waals surface area (Å²) in [5.74, 6) is 0.369. The third kappa shape index (κ3) is 5.99. The van der Waals surface area contributed by atoms with Crippen LogP contribution in [-0.4, -0.2) is 64.2 Å². The SMILES string of the molecule is CS(=O)(=O)N(CC1CC1)c1ccccc1N1CCN(C(=O)[C@H](N)Cc2ccc(Cl)cc2)CC1. The Hall–Kier alpha value is -2.29. The molecule has 7 nitrogen and oxygen atoms in total. The fourth-order valence-electron chi connectivity index (χ4n) is 4.25. The Kier molecular flexibility index (Phi) is 7.16. The van der Waals surface area contributed by atoms with Gasteiger partial charge in [0.2, 0.25) is 15.9 Å². The zero-order valence-electron chi connectivity index (χ0n) is 18.9. The molecule has 1 atom stereocenters. The highest BCUT2D eigenvalue weighted by Gasteiger charge is 2.32. The van der Waals surface area contributed by atoms with Gasteiger partial charge in [-0.15, -0.1) is 0 Å². The molecule has 0 bridgehead atoms. The number of benzene rings is 2. The maximum absolute atomic E-state index is 12.9. The van der Waals surface area contributed by atoms with Crippen LogP contribution < -0.4 is 14.9 Å². The largest absolute Gasteiger partial charge is 0.366 e. The van der Waals surface area contributed by atoms with Crippen molar-refractivity contribution >= 4 is 38.9 Å². The van der Waals surface area contributed by atoms with E-state index >= 15 is 0 Å². The van der Waals surface area contributed by atoms with Crippen LogP contribution in [0.4, 0.5) is 11.4 Å². The lowest BCUT2D eigenvalue weighted by Crippen LogP contribution is -2.54. The van der Waals surface area contributed by atoms with E-state index in [4.69, 9.17) is 17.3 Å². The van der Waals surface area contributed by atoms with Crippen LogP contribution in [-0.2, 0) is 21.2 Å². The molecule has 1 heterocycles. The van der Waals surface area contributed by atoms with Gasteiger partial charge in [-0.3, -0.25) is 9.10 Å². The van der Waals surface area contributed by atoms with E-state index in [-0.39, 0.29) is 5.91 Å². The maximum atomic E-state index is 12.9. The molecule has 9 heteroatoms. The van der Waals surface area contributed by atoms with Gasteiger partial charge in [0, 0.05) is 37.7 Å². The summed E-state index contributed by atoms with van der Waals surface area (Å²) in [6.45, 7) is 2.86. The molecule has 0 unspecified atom stereocenters. The van der Waals surface area contributed by atoms with E-state index in [1.807, 2.05) is 36.4 Å². The predicted octanol–water partition coefficient (Wildman–Crippen LogP) is 2.73. The van der Waals surface area contributed by atoms with Crippen molar-refractivity contribution in [2.24, 2.45) is 11.7 Å². The summed E-state index contributed by atoms with van der Waals surface area (Å²) in [5.41, 5.74) is 8.80. The number of carbonyl (C=O) groups excluding carboxylic acids is 1. The van der Waals surface area contributed by atoms with Crippen molar-refractivity contribution in [1.29, 1.82) is 0 Å². The second-order valence-electron chi connectivity index (χ2n) is 8.98. The van der Waals surface area contributed by atoms with Crippen LogP contribution in [0.2, 0.25) is 5.02 Å². The second-order valence-corrected chi connectivity index (χ2v) is 11.3. The van der Waals surface area contributed by atoms with Crippen LogP contribution >= 0.6 is 11.6 Å². The number of hydrogen-bond donors (Lipinski definition) is 1. The van der Waals surface area contributed by atoms with Crippen molar-refractivity contribution in [2.45, 2.75) is 25.3 Å². The Morgan fingerprint density at radius 3 is 2.33 bits per heavy atom. The highest BCUT2D eigenvalue weighted by molar-refractivity contribution is 7.92. The Labute approximate surface area is 201 Å². The van der Waals surface area contributed by atoms with Crippen molar-refractivity contribution in [3.05, 3.63) is 59.1 Å². The molecule has 1 aliphatic heterocycles. The number of carbonyl (C=O) groups is 1. The van der Waals surface area contributed by atoms with Gasteiger partial charge in [-0.2, -0.15) is 0 Å². The summed E-state index contributed by atoms with van der Waals surface area (Å²) < 4.78 is 26.6. The Morgan fingerprint density at radius 1 is 1.09 bits per heavy atom. The van der Waals surface area contributed by atoms with Gasteiger partial charge in [0.25, 0.3) is 0 Å². The van der Waals surface area contributed by atoms with E-state index in [0.717, 1.165) is 24.1 Å². The minimum atomic E-state index is -3.38. The molecule has 0 radical (unpaired) electrons. The van der Waals surface area contributed by atoms with E-state index in [1.165, 1.54) is 6.26 Å². The molecule has 4 rings (SSSR count). The highest BCUT2D eigenvalue weighted by atomic mass is 35.5. The maximum Gasteiger partial charge on any atom is 0.239 e. The number of amides is 1. The van der Waals surface area contributed by atoms with Crippen LogP contribution in [0.1, 0.15) is 18.4 Å². The molecule has 33 heavy (non-hydrogen) atoms. The number of para-hydroxylation sites is 2. The Balaban J connectivity index is 1.41. The lowest BCUT2D eigenvalue weighted by atomic mass is 10.1. The lowest BCUT2D eigenvalue weighted by molar-refractivity contribution is -0.132. The second kappa shape index (κ2) is 9.91. The van der Waals surface area contributed by atoms with Crippen LogP contribution in [0.5, 0.6) is 0 Å². The van der Waals surface area contributed by atoms with Crippen molar-refractivity contribution in [2.75, 3.05) is 48.2 Å². The average Bonchev–Trinajstić information content (AvgIpc) is 3.62. The lowest BCUT2D eigenvalue weighted by Gasteiger charge is -2.39. The average molecular weight is 491 g/mol. The van der Waals surface area contributed by atoms with Gasteiger partial charge >= 0.3 is 0 Å². The molecule has 2 aromatic carbocycles. The van der Waals surface area contributed by atoms with Crippen LogP contribution in [0, 0.1) is 5.92 Å². The van der Waals surface area contributed by atoms with Gasteiger partial charge in [-0.05, 0) is 55.0 Å². The molecule has 178 valence electrons. The van der Waals surface area contributed by atoms with E-state index < -0.39 is 16.1 Å². The van der Waals surface area contributed by atoms with Crippen LogP contribution in [0.25, 0.3) is 0 Å². The Bertz CT molecular complexity index is 1080. The van der Waals surface area contributed by atoms with Crippen molar-refractivity contribution < 1.29 is 13.2 Å². The first-order chi connectivity index (χ1) is 15.7. The molecule has 2 N–H and O–H groups in total.